The summed E-state index contributed by atoms with van der Waals surface area (Å²) in [5.74, 6) is -1.63. The number of hydrogen-bond donors (Lipinski definition) is 3. The molecule has 2 aromatic carbocycles. The molecular formula is C25H30F3N3O6S. The summed E-state index contributed by atoms with van der Waals surface area (Å²) in [6.45, 7) is 1.72. The molecule has 2 heterocycles. The van der Waals surface area contributed by atoms with Crippen molar-refractivity contribution in [2.24, 2.45) is 0 Å². The molecule has 9 nitrogen and oxygen atoms in total. The van der Waals surface area contributed by atoms with Crippen LogP contribution in [-0.2, 0) is 20.7 Å². The average Bonchev–Trinajstić information content (AvgIpc) is 3.28. The maximum atomic E-state index is 13.4. The Hall–Kier alpha value is -2.84. The SMILES string of the molecule is COC1CCN(C[C@H](c2cccc(OC(F)(F)F)c2)N(C)C(=O)Cc2ccc3c(c2)NC(=O)CS3(O)O)C1. The van der Waals surface area contributed by atoms with Gasteiger partial charge in [0.2, 0.25) is 11.8 Å². The number of ether oxygens (including phenoxy) is 2. The minimum absolute atomic E-state index is 0.0366. The number of benzene rings is 2. The number of likely N-dealkylation sites (N-methyl/N-ethyl adjacent to an activating group) is 1. The molecule has 13 heteroatoms. The van der Waals surface area contributed by atoms with Crippen molar-refractivity contribution in [1.29, 1.82) is 0 Å². The van der Waals surface area contributed by atoms with E-state index in [1.54, 1.807) is 26.3 Å². The maximum Gasteiger partial charge on any atom is 0.573 e. The number of rotatable bonds is 8. The number of alkyl halides is 3. The third-order valence-corrected chi connectivity index (χ3v) is 8.41. The van der Waals surface area contributed by atoms with Crippen LogP contribution in [0, 0.1) is 0 Å². The first-order valence-corrected chi connectivity index (χ1v) is 13.6. The molecule has 0 bridgehead atoms. The quantitative estimate of drug-likeness (QED) is 0.448. The van der Waals surface area contributed by atoms with Crippen LogP contribution in [0.15, 0.2) is 47.4 Å². The number of anilines is 1. The Kier molecular flexibility index (Phi) is 8.23. The van der Waals surface area contributed by atoms with Gasteiger partial charge in [-0.2, -0.15) is 10.6 Å². The van der Waals surface area contributed by atoms with Gasteiger partial charge in [0.25, 0.3) is 0 Å². The van der Waals surface area contributed by atoms with E-state index in [-0.39, 0.29) is 34.8 Å². The normalized spacial score (nSPS) is 20.8. The predicted molar refractivity (Wildman–Crippen MR) is 135 cm³/mol. The third kappa shape index (κ3) is 6.77. The Morgan fingerprint density at radius 2 is 2.03 bits per heavy atom. The van der Waals surface area contributed by atoms with Crippen LogP contribution < -0.4 is 10.1 Å². The minimum Gasteiger partial charge on any atom is -0.406 e. The molecule has 1 unspecified atom stereocenters. The molecule has 2 amide bonds. The number of hydrogen-bond acceptors (Lipinski definition) is 7. The number of carbonyl (C=O) groups excluding carboxylic acids is 2. The van der Waals surface area contributed by atoms with Crippen molar-refractivity contribution >= 4 is 28.1 Å². The maximum absolute atomic E-state index is 13.4. The van der Waals surface area contributed by atoms with Gasteiger partial charge in [-0.1, -0.05) is 18.2 Å². The van der Waals surface area contributed by atoms with Crippen LogP contribution in [0.4, 0.5) is 18.9 Å². The summed E-state index contributed by atoms with van der Waals surface area (Å²) in [6.07, 6.45) is -4.08. The first-order valence-electron chi connectivity index (χ1n) is 11.9. The molecule has 0 radical (unpaired) electrons. The lowest BCUT2D eigenvalue weighted by molar-refractivity contribution is -0.274. The largest absolute Gasteiger partial charge is 0.573 e. The lowest BCUT2D eigenvalue weighted by Gasteiger charge is -2.37. The van der Waals surface area contributed by atoms with E-state index in [0.29, 0.717) is 30.8 Å². The highest BCUT2D eigenvalue weighted by atomic mass is 32.3. The fourth-order valence-electron chi connectivity index (χ4n) is 4.76. The zero-order chi connectivity index (χ0) is 27.7. The molecule has 3 N–H and O–H groups in total. The first-order chi connectivity index (χ1) is 17.8. The van der Waals surface area contributed by atoms with Crippen molar-refractivity contribution in [2.45, 2.75) is 36.2 Å². The summed E-state index contributed by atoms with van der Waals surface area (Å²) in [6, 6.07) is 9.62. The lowest BCUT2D eigenvalue weighted by atomic mass is 10.0. The van der Waals surface area contributed by atoms with Gasteiger partial charge in [-0.05, 0) is 41.8 Å². The van der Waals surface area contributed by atoms with Gasteiger partial charge in [-0.15, -0.1) is 13.2 Å². The van der Waals surface area contributed by atoms with Gasteiger partial charge in [0.1, 0.15) is 11.5 Å². The number of fused-ring (bicyclic) bond motifs is 1. The van der Waals surface area contributed by atoms with Crippen LogP contribution in [0.3, 0.4) is 0 Å². The summed E-state index contributed by atoms with van der Waals surface area (Å²) in [7, 11) is -0.0421. The van der Waals surface area contributed by atoms with E-state index in [2.05, 4.69) is 15.0 Å². The molecule has 2 atom stereocenters. The van der Waals surface area contributed by atoms with Gasteiger partial charge in [-0.3, -0.25) is 23.6 Å². The van der Waals surface area contributed by atoms with E-state index in [4.69, 9.17) is 4.74 Å². The Labute approximate surface area is 219 Å². The molecular weight excluding hydrogens is 527 g/mol. The van der Waals surface area contributed by atoms with E-state index in [1.807, 2.05) is 0 Å². The highest BCUT2D eigenvalue weighted by Crippen LogP contribution is 2.53. The van der Waals surface area contributed by atoms with Crippen molar-refractivity contribution in [3.63, 3.8) is 0 Å². The molecule has 2 aliphatic rings. The van der Waals surface area contributed by atoms with Crippen LogP contribution in [0.1, 0.15) is 23.6 Å². The van der Waals surface area contributed by atoms with Crippen molar-refractivity contribution in [3.05, 3.63) is 53.6 Å². The van der Waals surface area contributed by atoms with Gasteiger partial charge >= 0.3 is 6.36 Å². The molecule has 2 aliphatic heterocycles. The zero-order valence-electron chi connectivity index (χ0n) is 20.9. The molecule has 1 fully saturated rings. The van der Waals surface area contributed by atoms with Crippen molar-refractivity contribution in [1.82, 2.24) is 9.80 Å². The van der Waals surface area contributed by atoms with Crippen LogP contribution in [0.2, 0.25) is 0 Å². The summed E-state index contributed by atoms with van der Waals surface area (Å²) < 4.78 is 68.5. The zero-order valence-corrected chi connectivity index (χ0v) is 21.7. The first kappa shape index (κ1) is 28.2. The number of methoxy groups -OCH3 is 1. The van der Waals surface area contributed by atoms with Gasteiger partial charge < -0.3 is 19.7 Å². The molecule has 208 valence electrons. The Morgan fingerprint density at radius 1 is 1.26 bits per heavy atom. The van der Waals surface area contributed by atoms with Crippen molar-refractivity contribution in [2.75, 3.05) is 44.9 Å². The molecule has 0 aliphatic carbocycles. The molecule has 1 saturated heterocycles. The van der Waals surface area contributed by atoms with Crippen LogP contribution in [0.25, 0.3) is 0 Å². The van der Waals surface area contributed by atoms with Crippen LogP contribution >= 0.6 is 10.6 Å². The third-order valence-electron chi connectivity index (χ3n) is 6.69. The lowest BCUT2D eigenvalue weighted by Crippen LogP contribution is -2.39. The van der Waals surface area contributed by atoms with E-state index in [9.17, 15) is 31.9 Å². The minimum atomic E-state index is -4.85. The van der Waals surface area contributed by atoms with Gasteiger partial charge in [-0.25, -0.2) is 0 Å². The summed E-state index contributed by atoms with van der Waals surface area (Å²) in [4.78, 5) is 29.1. The Morgan fingerprint density at radius 3 is 2.71 bits per heavy atom. The number of halogens is 3. The Bertz CT molecular complexity index is 1200. The van der Waals surface area contributed by atoms with Crippen LogP contribution in [0.5, 0.6) is 5.75 Å². The van der Waals surface area contributed by atoms with Crippen molar-refractivity contribution in [3.8, 4) is 5.75 Å². The van der Waals surface area contributed by atoms with Crippen LogP contribution in [-0.4, -0.2) is 82.7 Å². The fourth-order valence-corrected chi connectivity index (χ4v) is 6.10. The molecule has 0 spiro atoms. The van der Waals surface area contributed by atoms with E-state index in [0.717, 1.165) is 6.42 Å². The highest BCUT2D eigenvalue weighted by Gasteiger charge is 2.33. The highest BCUT2D eigenvalue weighted by molar-refractivity contribution is 8.25. The van der Waals surface area contributed by atoms with Crippen molar-refractivity contribution < 1.29 is 41.3 Å². The second-order valence-corrected chi connectivity index (χ2v) is 11.5. The molecule has 0 aromatic heterocycles. The number of carbonyl (C=O) groups is 2. The topological polar surface area (TPSA) is 112 Å². The molecule has 38 heavy (non-hydrogen) atoms. The van der Waals surface area contributed by atoms with E-state index >= 15 is 0 Å². The second kappa shape index (κ2) is 11.1. The number of nitrogens with one attached hydrogen (secondary N) is 1. The molecule has 0 saturated carbocycles. The standard InChI is InChI=1S/C25H30F3N3O6S/c1-30(24(33)11-16-6-7-22-20(10-16)29-23(32)15-38(22,34)35)21(14-31-9-8-19(13-31)36-2)17-4-3-5-18(12-17)37-25(26,27)28/h3-7,10,12,19,21,34-35H,8-9,11,13-15H2,1-2H3,(H,29,32)/t19?,21-/m1/s1. The van der Waals surface area contributed by atoms with E-state index < -0.39 is 34.7 Å². The van der Waals surface area contributed by atoms with Gasteiger partial charge in [0, 0.05) is 33.8 Å². The number of amides is 2. The summed E-state index contributed by atoms with van der Waals surface area (Å²) >= 11 is 0. The average molecular weight is 558 g/mol. The van der Waals surface area contributed by atoms with Gasteiger partial charge in [0.15, 0.2) is 0 Å². The monoisotopic (exact) mass is 557 g/mol. The number of likely N-dealkylation sites (tertiary alicyclic amines) is 1. The van der Waals surface area contributed by atoms with Gasteiger partial charge in [0.05, 0.1) is 29.1 Å². The predicted octanol–water partition coefficient (Wildman–Crippen LogP) is 4.11. The fraction of sp³-hybridized carbons (Fsp3) is 0.440. The molecule has 2 aromatic rings. The smallest absolute Gasteiger partial charge is 0.406 e. The second-order valence-electron chi connectivity index (χ2n) is 9.41. The summed E-state index contributed by atoms with van der Waals surface area (Å²) in [5, 5.41) is 2.60. The molecule has 4 rings (SSSR count). The van der Waals surface area contributed by atoms with E-state index in [1.165, 1.54) is 35.2 Å². The summed E-state index contributed by atoms with van der Waals surface area (Å²) in [5.41, 5.74) is 1.26. The Balaban J connectivity index is 1.56. The number of nitrogens with zero attached hydrogens (tertiary/aromatic N) is 2.